The van der Waals surface area contributed by atoms with Crippen LogP contribution in [0.2, 0.25) is 0 Å². The Kier molecular flexibility index (Phi) is 5.79. The van der Waals surface area contributed by atoms with Gasteiger partial charge in [0.2, 0.25) is 0 Å². The molecule has 0 spiro atoms. The number of rotatable bonds is 3. The van der Waals surface area contributed by atoms with Crippen molar-refractivity contribution in [3.05, 3.63) is 29.8 Å². The average molecular weight is 256 g/mol. The Balaban J connectivity index is 0.00000144. The summed E-state index contributed by atoms with van der Waals surface area (Å²) in [6.45, 7) is 0. The van der Waals surface area contributed by atoms with Crippen LogP contribution in [-0.4, -0.2) is 7.11 Å². The third-order valence-electron chi connectivity index (χ3n) is 3.66. The fourth-order valence-corrected chi connectivity index (χ4v) is 2.59. The van der Waals surface area contributed by atoms with Gasteiger partial charge in [-0.05, 0) is 36.5 Å². The third kappa shape index (κ3) is 3.62. The minimum Gasteiger partial charge on any atom is -0.497 e. The maximum atomic E-state index is 6.32. The van der Waals surface area contributed by atoms with Gasteiger partial charge >= 0.3 is 0 Å². The predicted octanol–water partition coefficient (Wildman–Crippen LogP) is 3.70. The van der Waals surface area contributed by atoms with Gasteiger partial charge in [0.15, 0.2) is 0 Å². The van der Waals surface area contributed by atoms with Crippen LogP contribution in [0.15, 0.2) is 24.3 Å². The third-order valence-corrected chi connectivity index (χ3v) is 3.66. The van der Waals surface area contributed by atoms with Gasteiger partial charge in [0.25, 0.3) is 0 Å². The fourth-order valence-electron chi connectivity index (χ4n) is 2.59. The van der Waals surface area contributed by atoms with E-state index in [0.717, 1.165) is 5.75 Å². The molecule has 0 amide bonds. The summed E-state index contributed by atoms with van der Waals surface area (Å²) in [6, 6.07) is 8.39. The number of halogens is 1. The topological polar surface area (TPSA) is 35.2 Å². The second kappa shape index (κ2) is 6.87. The molecule has 1 atom stereocenters. The maximum absolute atomic E-state index is 6.32. The molecule has 1 aromatic rings. The Morgan fingerprint density at radius 3 is 2.24 bits per heavy atom. The molecule has 3 heteroatoms. The van der Waals surface area contributed by atoms with Crippen LogP contribution in [0.3, 0.4) is 0 Å². The number of benzene rings is 1. The van der Waals surface area contributed by atoms with E-state index in [2.05, 4.69) is 12.1 Å². The molecule has 1 aliphatic carbocycles. The lowest BCUT2D eigenvalue weighted by Crippen LogP contribution is -2.23. The van der Waals surface area contributed by atoms with Crippen molar-refractivity contribution in [2.75, 3.05) is 7.11 Å². The largest absolute Gasteiger partial charge is 0.497 e. The van der Waals surface area contributed by atoms with Crippen molar-refractivity contribution in [2.24, 2.45) is 11.7 Å². The highest BCUT2D eigenvalue weighted by Gasteiger charge is 2.21. The van der Waals surface area contributed by atoms with Crippen LogP contribution in [0.5, 0.6) is 5.75 Å². The molecule has 0 aromatic heterocycles. The molecule has 2 rings (SSSR count). The lowest BCUT2D eigenvalue weighted by Gasteiger charge is -2.27. The Bertz CT molecular complexity index is 319. The van der Waals surface area contributed by atoms with Crippen LogP contribution < -0.4 is 10.5 Å². The second-order valence-corrected chi connectivity index (χ2v) is 4.70. The smallest absolute Gasteiger partial charge is 0.118 e. The first-order valence-electron chi connectivity index (χ1n) is 6.21. The summed E-state index contributed by atoms with van der Waals surface area (Å²) in [6.07, 6.45) is 6.63. The highest BCUT2D eigenvalue weighted by Crippen LogP contribution is 2.33. The summed E-state index contributed by atoms with van der Waals surface area (Å²) < 4.78 is 5.15. The van der Waals surface area contributed by atoms with E-state index in [1.165, 1.54) is 37.7 Å². The first kappa shape index (κ1) is 14.3. The van der Waals surface area contributed by atoms with Gasteiger partial charge in [-0.15, -0.1) is 12.4 Å². The number of methoxy groups -OCH3 is 1. The monoisotopic (exact) mass is 255 g/mol. The predicted molar refractivity (Wildman–Crippen MR) is 73.7 cm³/mol. The van der Waals surface area contributed by atoms with Crippen molar-refractivity contribution < 1.29 is 4.74 Å². The molecule has 1 saturated carbocycles. The molecule has 0 bridgehead atoms. The van der Waals surface area contributed by atoms with Gasteiger partial charge in [-0.3, -0.25) is 0 Å². The van der Waals surface area contributed by atoms with E-state index >= 15 is 0 Å². The molecular formula is C14H22ClNO. The van der Waals surface area contributed by atoms with E-state index in [1.807, 2.05) is 12.1 Å². The lowest BCUT2D eigenvalue weighted by atomic mass is 9.81. The van der Waals surface area contributed by atoms with Crippen LogP contribution in [0.1, 0.15) is 43.7 Å². The van der Waals surface area contributed by atoms with Crippen LogP contribution in [0.25, 0.3) is 0 Å². The standard InChI is InChI=1S/C14H21NO.ClH/c1-16-13-9-7-12(8-10-13)14(15)11-5-3-2-4-6-11;/h7-11,14H,2-6,15H2,1H3;1H/t14-;/m1./s1. The molecule has 0 radical (unpaired) electrons. The van der Waals surface area contributed by atoms with Crippen molar-refractivity contribution in [1.29, 1.82) is 0 Å². The van der Waals surface area contributed by atoms with Gasteiger partial charge in [0.05, 0.1) is 7.11 Å². The van der Waals surface area contributed by atoms with Crippen molar-refractivity contribution in [2.45, 2.75) is 38.1 Å². The van der Waals surface area contributed by atoms with E-state index in [0.29, 0.717) is 5.92 Å². The van der Waals surface area contributed by atoms with E-state index in [4.69, 9.17) is 10.5 Å². The molecule has 96 valence electrons. The minimum atomic E-state index is 0. The molecule has 2 nitrogen and oxygen atoms in total. The number of hydrogen-bond donors (Lipinski definition) is 1. The highest BCUT2D eigenvalue weighted by molar-refractivity contribution is 5.85. The molecule has 0 unspecified atom stereocenters. The van der Waals surface area contributed by atoms with Crippen molar-refractivity contribution in [3.63, 3.8) is 0 Å². The Morgan fingerprint density at radius 2 is 1.71 bits per heavy atom. The zero-order valence-corrected chi connectivity index (χ0v) is 11.2. The summed E-state index contributed by atoms with van der Waals surface area (Å²) in [5.41, 5.74) is 7.56. The fraction of sp³-hybridized carbons (Fsp3) is 0.571. The average Bonchev–Trinajstić information content (AvgIpc) is 2.39. The Morgan fingerprint density at radius 1 is 1.12 bits per heavy atom. The number of hydrogen-bond acceptors (Lipinski definition) is 2. The molecular weight excluding hydrogens is 234 g/mol. The van der Waals surface area contributed by atoms with Gasteiger partial charge in [-0.25, -0.2) is 0 Å². The van der Waals surface area contributed by atoms with E-state index in [9.17, 15) is 0 Å². The lowest BCUT2D eigenvalue weighted by molar-refractivity contribution is 0.308. The quantitative estimate of drug-likeness (QED) is 0.894. The first-order chi connectivity index (χ1) is 7.81. The summed E-state index contributed by atoms with van der Waals surface area (Å²) in [4.78, 5) is 0. The summed E-state index contributed by atoms with van der Waals surface area (Å²) >= 11 is 0. The summed E-state index contributed by atoms with van der Waals surface area (Å²) in [7, 11) is 1.69. The van der Waals surface area contributed by atoms with Crippen molar-refractivity contribution >= 4 is 12.4 Å². The van der Waals surface area contributed by atoms with E-state index in [1.54, 1.807) is 7.11 Å². The highest BCUT2D eigenvalue weighted by atomic mass is 35.5. The molecule has 1 aliphatic rings. The zero-order valence-electron chi connectivity index (χ0n) is 10.4. The number of nitrogens with two attached hydrogens (primary N) is 1. The van der Waals surface area contributed by atoms with Crippen molar-refractivity contribution in [1.82, 2.24) is 0 Å². The SMILES string of the molecule is COc1ccc([C@H](N)C2CCCCC2)cc1.Cl. The molecule has 1 aromatic carbocycles. The Hall–Kier alpha value is -0.730. The molecule has 17 heavy (non-hydrogen) atoms. The van der Waals surface area contributed by atoms with Gasteiger partial charge in [0.1, 0.15) is 5.75 Å². The maximum Gasteiger partial charge on any atom is 0.118 e. The van der Waals surface area contributed by atoms with Gasteiger partial charge in [-0.2, -0.15) is 0 Å². The van der Waals surface area contributed by atoms with E-state index in [-0.39, 0.29) is 18.4 Å². The minimum absolute atomic E-state index is 0. The molecule has 2 N–H and O–H groups in total. The van der Waals surface area contributed by atoms with E-state index < -0.39 is 0 Å². The normalized spacial score (nSPS) is 18.2. The Labute approximate surface area is 110 Å². The van der Waals surface area contributed by atoms with Gasteiger partial charge in [0, 0.05) is 6.04 Å². The van der Waals surface area contributed by atoms with Gasteiger partial charge in [-0.1, -0.05) is 31.4 Å². The van der Waals surface area contributed by atoms with Gasteiger partial charge < -0.3 is 10.5 Å². The van der Waals surface area contributed by atoms with Crippen LogP contribution in [0, 0.1) is 5.92 Å². The molecule has 0 heterocycles. The molecule has 0 aliphatic heterocycles. The van der Waals surface area contributed by atoms with Crippen LogP contribution in [-0.2, 0) is 0 Å². The summed E-state index contributed by atoms with van der Waals surface area (Å²) in [5.74, 6) is 1.57. The molecule has 1 fully saturated rings. The van der Waals surface area contributed by atoms with Crippen molar-refractivity contribution in [3.8, 4) is 5.75 Å². The van der Waals surface area contributed by atoms with Crippen LogP contribution in [0.4, 0.5) is 0 Å². The first-order valence-corrected chi connectivity index (χ1v) is 6.21. The number of ether oxygens (including phenoxy) is 1. The summed E-state index contributed by atoms with van der Waals surface area (Å²) in [5, 5.41) is 0. The second-order valence-electron chi connectivity index (χ2n) is 4.70. The van der Waals surface area contributed by atoms with Crippen LogP contribution >= 0.6 is 12.4 Å². The zero-order chi connectivity index (χ0) is 11.4. The molecule has 0 saturated heterocycles.